The molecule has 2 aromatic carbocycles. The maximum Gasteiger partial charge on any atom is 0.237 e. The first-order valence-corrected chi connectivity index (χ1v) is 9.78. The molecule has 0 fully saturated rings. The molecule has 0 aliphatic carbocycles. The molecule has 6 nitrogen and oxygen atoms in total. The molecule has 28 heavy (non-hydrogen) atoms. The Hall–Kier alpha value is -3.19. The van der Waals surface area contributed by atoms with Crippen LogP contribution in [0.4, 0.5) is 5.69 Å². The van der Waals surface area contributed by atoms with E-state index in [1.165, 1.54) is 18.1 Å². The lowest BCUT2D eigenvalue weighted by Crippen LogP contribution is -2.22. The van der Waals surface area contributed by atoms with Crippen LogP contribution in [0.15, 0.2) is 72.1 Å². The molecule has 4 rings (SSSR count). The minimum Gasteiger partial charge on any atom is -0.325 e. The molecular weight excluding hydrogens is 370 g/mol. The first kappa shape index (κ1) is 18.2. The summed E-state index contributed by atoms with van der Waals surface area (Å²) >= 11 is 1.40. The van der Waals surface area contributed by atoms with Gasteiger partial charge in [-0.25, -0.2) is 14.6 Å². The molecule has 0 saturated heterocycles. The zero-order chi connectivity index (χ0) is 19.5. The van der Waals surface area contributed by atoms with Crippen LogP contribution in [-0.2, 0) is 4.79 Å². The first-order chi connectivity index (χ1) is 13.6. The van der Waals surface area contributed by atoms with Crippen molar-refractivity contribution >= 4 is 34.4 Å². The van der Waals surface area contributed by atoms with Gasteiger partial charge in [-0.3, -0.25) is 4.79 Å². The van der Waals surface area contributed by atoms with Gasteiger partial charge in [-0.15, -0.1) is 0 Å². The molecule has 0 aliphatic heterocycles. The molecule has 2 heterocycles. The van der Waals surface area contributed by atoms with Crippen LogP contribution in [0.5, 0.6) is 0 Å². The fourth-order valence-electron chi connectivity index (χ4n) is 2.78. The van der Waals surface area contributed by atoms with Crippen molar-refractivity contribution in [3.05, 3.63) is 72.7 Å². The number of benzene rings is 2. The van der Waals surface area contributed by atoms with Crippen molar-refractivity contribution in [3.63, 3.8) is 0 Å². The van der Waals surface area contributed by atoms with Gasteiger partial charge in [-0.2, -0.15) is 5.10 Å². The number of carbonyl (C=O) groups is 1. The molecular formula is C21H19N5OS. The predicted molar refractivity (Wildman–Crippen MR) is 112 cm³/mol. The number of aryl methyl sites for hydroxylation is 1. The first-order valence-electron chi connectivity index (χ1n) is 8.90. The highest BCUT2D eigenvalue weighted by atomic mass is 32.2. The summed E-state index contributed by atoms with van der Waals surface area (Å²) in [6, 6.07) is 17.6. The Morgan fingerprint density at radius 1 is 1.07 bits per heavy atom. The highest BCUT2D eigenvalue weighted by Crippen LogP contribution is 2.29. The Balaban J connectivity index is 1.55. The van der Waals surface area contributed by atoms with Crippen molar-refractivity contribution in [3.8, 4) is 5.69 Å². The molecule has 1 N–H and O–H groups in total. The molecule has 1 atom stereocenters. The third-order valence-corrected chi connectivity index (χ3v) is 5.42. The van der Waals surface area contributed by atoms with Crippen LogP contribution in [-0.4, -0.2) is 30.9 Å². The number of thioether (sulfide) groups is 1. The lowest BCUT2D eigenvalue weighted by molar-refractivity contribution is -0.115. The number of nitrogens with one attached hydrogen (secondary N) is 1. The van der Waals surface area contributed by atoms with Crippen LogP contribution >= 0.6 is 11.8 Å². The minimum atomic E-state index is -0.320. The zero-order valence-electron chi connectivity index (χ0n) is 15.5. The van der Waals surface area contributed by atoms with Crippen LogP contribution in [0.2, 0.25) is 0 Å². The fraction of sp³-hybridized carbons (Fsp3) is 0.143. The van der Waals surface area contributed by atoms with Gasteiger partial charge in [0.05, 0.1) is 22.5 Å². The van der Waals surface area contributed by atoms with Crippen molar-refractivity contribution in [2.75, 3.05) is 5.32 Å². The molecule has 0 radical (unpaired) electrons. The average Bonchev–Trinajstić information content (AvgIpc) is 3.15. The van der Waals surface area contributed by atoms with Crippen molar-refractivity contribution in [1.29, 1.82) is 0 Å². The molecule has 4 aromatic rings. The third-order valence-electron chi connectivity index (χ3n) is 4.31. The van der Waals surface area contributed by atoms with Crippen molar-refractivity contribution in [1.82, 2.24) is 19.7 Å². The van der Waals surface area contributed by atoms with Gasteiger partial charge in [0.1, 0.15) is 11.4 Å². The van der Waals surface area contributed by atoms with Crippen LogP contribution < -0.4 is 5.32 Å². The van der Waals surface area contributed by atoms with E-state index < -0.39 is 0 Å². The number of nitrogens with zero attached hydrogens (tertiary/aromatic N) is 4. The number of amides is 1. The number of aromatic nitrogens is 4. The summed E-state index contributed by atoms with van der Waals surface area (Å²) in [6.45, 7) is 3.88. The van der Waals surface area contributed by atoms with Gasteiger partial charge in [0.2, 0.25) is 5.91 Å². The number of hydrogen-bond acceptors (Lipinski definition) is 5. The summed E-state index contributed by atoms with van der Waals surface area (Å²) in [5.74, 6) is -0.0731. The number of para-hydroxylation sites is 1. The van der Waals surface area contributed by atoms with Crippen molar-refractivity contribution in [2.45, 2.75) is 24.1 Å². The SMILES string of the molecule is Cc1ccc(NC(=O)C(C)Sc2ncnc3c2cnn3-c2ccccc2)cc1. The monoisotopic (exact) mass is 389 g/mol. The van der Waals surface area contributed by atoms with E-state index in [1.54, 1.807) is 10.9 Å². The van der Waals surface area contributed by atoms with Crippen LogP contribution in [0.3, 0.4) is 0 Å². The molecule has 0 bridgehead atoms. The highest BCUT2D eigenvalue weighted by molar-refractivity contribution is 8.00. The van der Waals surface area contributed by atoms with E-state index in [4.69, 9.17) is 0 Å². The predicted octanol–water partition coefficient (Wildman–Crippen LogP) is 4.24. The second-order valence-corrected chi connectivity index (χ2v) is 7.75. The van der Waals surface area contributed by atoms with E-state index in [1.807, 2.05) is 68.4 Å². The van der Waals surface area contributed by atoms with E-state index in [0.29, 0.717) is 0 Å². The molecule has 1 amide bonds. The summed E-state index contributed by atoms with van der Waals surface area (Å²) in [5, 5.41) is 8.64. The topological polar surface area (TPSA) is 72.7 Å². The van der Waals surface area contributed by atoms with E-state index in [2.05, 4.69) is 20.4 Å². The summed E-state index contributed by atoms with van der Waals surface area (Å²) in [5.41, 5.74) is 3.58. The smallest absolute Gasteiger partial charge is 0.237 e. The summed E-state index contributed by atoms with van der Waals surface area (Å²) in [4.78, 5) is 21.3. The Kier molecular flexibility index (Phi) is 5.08. The second-order valence-electron chi connectivity index (χ2n) is 6.42. The number of rotatable bonds is 5. The van der Waals surface area contributed by atoms with Crippen LogP contribution in [0.1, 0.15) is 12.5 Å². The van der Waals surface area contributed by atoms with Gasteiger partial charge in [0.15, 0.2) is 5.65 Å². The Morgan fingerprint density at radius 2 is 1.82 bits per heavy atom. The largest absolute Gasteiger partial charge is 0.325 e. The molecule has 0 saturated carbocycles. The minimum absolute atomic E-state index is 0.0731. The van der Waals surface area contributed by atoms with Gasteiger partial charge in [-0.1, -0.05) is 47.7 Å². The van der Waals surface area contributed by atoms with Gasteiger partial charge in [-0.05, 0) is 38.1 Å². The summed E-state index contributed by atoms with van der Waals surface area (Å²) in [7, 11) is 0. The molecule has 0 spiro atoms. The molecule has 140 valence electrons. The van der Waals surface area contributed by atoms with E-state index in [9.17, 15) is 4.79 Å². The van der Waals surface area contributed by atoms with Gasteiger partial charge < -0.3 is 5.32 Å². The average molecular weight is 389 g/mol. The number of hydrogen-bond donors (Lipinski definition) is 1. The van der Waals surface area contributed by atoms with Gasteiger partial charge in [0, 0.05) is 5.69 Å². The quantitative estimate of drug-likeness (QED) is 0.408. The molecule has 0 aliphatic rings. The number of anilines is 1. The Labute approximate surface area is 167 Å². The molecule has 7 heteroatoms. The normalized spacial score (nSPS) is 12.1. The Bertz CT molecular complexity index is 1110. The van der Waals surface area contributed by atoms with Crippen molar-refractivity contribution < 1.29 is 4.79 Å². The maximum absolute atomic E-state index is 12.6. The Morgan fingerprint density at radius 3 is 2.57 bits per heavy atom. The van der Waals surface area contributed by atoms with E-state index in [-0.39, 0.29) is 11.2 Å². The lowest BCUT2D eigenvalue weighted by Gasteiger charge is -2.12. The summed E-state index contributed by atoms with van der Waals surface area (Å²) in [6.07, 6.45) is 3.26. The molecule has 2 aromatic heterocycles. The van der Waals surface area contributed by atoms with Gasteiger partial charge in [0.25, 0.3) is 0 Å². The van der Waals surface area contributed by atoms with E-state index in [0.717, 1.165) is 33.0 Å². The zero-order valence-corrected chi connectivity index (χ0v) is 16.4. The standard InChI is InChI=1S/C21H19N5OS/c1-14-8-10-16(11-9-14)25-20(27)15(2)28-21-18-12-24-26(19(18)22-13-23-21)17-6-4-3-5-7-17/h3-13,15H,1-2H3,(H,25,27). The third kappa shape index (κ3) is 3.75. The van der Waals surface area contributed by atoms with Crippen molar-refractivity contribution in [2.24, 2.45) is 0 Å². The maximum atomic E-state index is 12.6. The van der Waals surface area contributed by atoms with Crippen LogP contribution in [0, 0.1) is 6.92 Å². The second kappa shape index (κ2) is 7.82. The molecule has 1 unspecified atom stereocenters. The van der Waals surface area contributed by atoms with Crippen LogP contribution in [0.25, 0.3) is 16.7 Å². The number of fused-ring (bicyclic) bond motifs is 1. The lowest BCUT2D eigenvalue weighted by atomic mass is 10.2. The highest BCUT2D eigenvalue weighted by Gasteiger charge is 2.19. The van der Waals surface area contributed by atoms with E-state index >= 15 is 0 Å². The number of carbonyl (C=O) groups excluding carboxylic acids is 1. The van der Waals surface area contributed by atoms with Gasteiger partial charge >= 0.3 is 0 Å². The summed E-state index contributed by atoms with van der Waals surface area (Å²) < 4.78 is 1.78. The fourth-order valence-corrected chi connectivity index (χ4v) is 3.66.